The maximum atomic E-state index is 7.78. The highest BCUT2D eigenvalue weighted by Gasteiger charge is 2.28. The van der Waals surface area contributed by atoms with Gasteiger partial charge in [-0.15, -0.1) is 0 Å². The molecule has 3 aromatic heterocycles. The number of rotatable bonds is 2. The van der Waals surface area contributed by atoms with Gasteiger partial charge >= 0.3 is 0 Å². The van der Waals surface area contributed by atoms with Gasteiger partial charge in [-0.1, -0.05) is 71.9 Å². The van der Waals surface area contributed by atoms with E-state index in [1.807, 2.05) is 12.4 Å². The summed E-state index contributed by atoms with van der Waals surface area (Å²) in [5, 5.41) is 7.53. The van der Waals surface area contributed by atoms with Crippen molar-refractivity contribution in [2.24, 2.45) is 17.9 Å². The number of nitrogens with zero attached hydrogens (tertiary/aromatic N) is 4. The van der Waals surface area contributed by atoms with E-state index in [1.54, 1.807) is 0 Å². The maximum Gasteiger partial charge on any atom is 0.287 e. The third-order valence-corrected chi connectivity index (χ3v) is 8.59. The molecule has 0 unspecified atom stereocenters. The molecule has 0 saturated heterocycles. The smallest absolute Gasteiger partial charge is 0.287 e. The predicted octanol–water partition coefficient (Wildman–Crippen LogP) is 9.40. The Balaban J connectivity index is 1.83. The molecule has 4 nitrogen and oxygen atoms in total. The van der Waals surface area contributed by atoms with E-state index in [9.17, 15) is 0 Å². The largest absolute Gasteiger partial charge is 0.308 e. The molecule has 0 fully saturated rings. The molecule has 7 aromatic rings. The summed E-state index contributed by atoms with van der Waals surface area (Å²) in [5.41, 5.74) is 10.8. The molecule has 7 rings (SSSR count). The van der Waals surface area contributed by atoms with Crippen molar-refractivity contribution in [3.8, 4) is 0 Å². The highest BCUT2D eigenvalue weighted by molar-refractivity contribution is 6.28. The van der Waals surface area contributed by atoms with Gasteiger partial charge in [-0.3, -0.25) is 0 Å². The average molecular weight is 538 g/mol. The van der Waals surface area contributed by atoms with Crippen LogP contribution in [0.1, 0.15) is 58.2 Å². The van der Waals surface area contributed by atoms with Gasteiger partial charge in [-0.2, -0.15) is 0 Å². The van der Waals surface area contributed by atoms with Crippen LogP contribution in [0.25, 0.3) is 64.7 Å². The molecule has 0 aliphatic rings. The molecule has 0 saturated carbocycles. The van der Waals surface area contributed by atoms with Gasteiger partial charge in [-0.05, 0) is 81.2 Å². The van der Waals surface area contributed by atoms with Crippen LogP contribution in [0, 0.1) is 24.3 Å². The van der Waals surface area contributed by atoms with E-state index in [1.165, 1.54) is 65.6 Å². The summed E-state index contributed by atoms with van der Waals surface area (Å²) in [4.78, 5) is 8.70. The van der Waals surface area contributed by atoms with Crippen molar-refractivity contribution in [3.63, 3.8) is 0 Å². The Kier molecular flexibility index (Phi) is 5.27. The molecule has 41 heavy (non-hydrogen) atoms. The summed E-state index contributed by atoms with van der Waals surface area (Å²) < 4.78 is 4.69. The van der Waals surface area contributed by atoms with Crippen molar-refractivity contribution >= 4 is 65.6 Å². The fraction of sp³-hybridized carbons (Fsp3) is 0.324. The van der Waals surface area contributed by atoms with Gasteiger partial charge in [0.15, 0.2) is 11.2 Å². The van der Waals surface area contributed by atoms with Crippen LogP contribution in [0.5, 0.6) is 0 Å². The third kappa shape index (κ3) is 3.79. The molecule has 0 bridgehead atoms. The van der Waals surface area contributed by atoms with Crippen molar-refractivity contribution in [1.82, 2.24) is 9.38 Å². The van der Waals surface area contributed by atoms with Crippen LogP contribution < -0.4 is 4.57 Å². The molecule has 4 aromatic carbocycles. The molecular weight excluding hydrogens is 500 g/mol. The molecule has 0 amide bonds. The number of aryl methyl sites for hydroxylation is 2. The molecule has 0 aliphatic carbocycles. The van der Waals surface area contributed by atoms with Crippen molar-refractivity contribution in [2.45, 2.75) is 61.3 Å². The number of aromatic nitrogens is 3. The Morgan fingerprint density at radius 3 is 2.22 bits per heavy atom. The zero-order chi connectivity index (χ0) is 29.0. The SMILES string of the molecule is [C-]#[N+]c1ccc2c3ccc4nc[n+](C)c5c6c(C)c7cc(CC(C)(C)C)ccc7c(CC(C)(C)C)c6n(c2c1)c3c45. The first-order valence-corrected chi connectivity index (χ1v) is 14.6. The van der Waals surface area contributed by atoms with Crippen LogP contribution in [0.3, 0.4) is 0 Å². The third-order valence-electron chi connectivity index (χ3n) is 8.59. The molecule has 0 atom stereocenters. The second kappa shape index (κ2) is 8.40. The molecule has 0 aliphatic heterocycles. The number of fused-ring (bicyclic) bond motifs is 7. The van der Waals surface area contributed by atoms with E-state index in [4.69, 9.17) is 11.6 Å². The van der Waals surface area contributed by atoms with E-state index in [0.717, 1.165) is 23.9 Å². The number of hydrogen-bond acceptors (Lipinski definition) is 1. The van der Waals surface area contributed by atoms with Crippen LogP contribution in [-0.2, 0) is 19.9 Å². The Morgan fingerprint density at radius 2 is 1.51 bits per heavy atom. The minimum atomic E-state index is 0.0799. The highest BCUT2D eigenvalue weighted by atomic mass is 15.0. The summed E-state index contributed by atoms with van der Waals surface area (Å²) in [6, 6.07) is 17.7. The highest BCUT2D eigenvalue weighted by Crippen LogP contribution is 2.45. The minimum Gasteiger partial charge on any atom is -0.308 e. The summed E-state index contributed by atoms with van der Waals surface area (Å²) in [6.45, 7) is 24.0. The van der Waals surface area contributed by atoms with Crippen LogP contribution >= 0.6 is 0 Å². The molecular formula is C37H37N4+. The van der Waals surface area contributed by atoms with Crippen molar-refractivity contribution in [2.75, 3.05) is 0 Å². The Labute approximate surface area is 241 Å². The van der Waals surface area contributed by atoms with Gasteiger partial charge in [0.25, 0.3) is 6.33 Å². The van der Waals surface area contributed by atoms with E-state index < -0.39 is 0 Å². The molecule has 0 spiro atoms. The molecule has 0 N–H and O–H groups in total. The van der Waals surface area contributed by atoms with E-state index in [0.29, 0.717) is 5.69 Å². The Hall–Kier alpha value is -4.23. The Morgan fingerprint density at radius 1 is 0.805 bits per heavy atom. The molecule has 0 radical (unpaired) electrons. The number of hydrogen-bond donors (Lipinski definition) is 0. The maximum absolute atomic E-state index is 7.78. The summed E-state index contributed by atoms with van der Waals surface area (Å²) in [7, 11) is 2.13. The van der Waals surface area contributed by atoms with Gasteiger partial charge in [0.2, 0.25) is 0 Å². The summed E-state index contributed by atoms with van der Waals surface area (Å²) in [6.07, 6.45) is 3.94. The quantitative estimate of drug-likeness (QED) is 0.0933. The summed E-state index contributed by atoms with van der Waals surface area (Å²) in [5.74, 6) is 0. The molecule has 3 heterocycles. The first kappa shape index (κ1) is 25.7. The van der Waals surface area contributed by atoms with Gasteiger partial charge in [-0.25, -0.2) is 9.41 Å². The monoisotopic (exact) mass is 537 g/mol. The second-order valence-corrected chi connectivity index (χ2v) is 14.4. The minimum absolute atomic E-state index is 0.0799. The normalized spacial score (nSPS) is 13.0. The lowest BCUT2D eigenvalue weighted by Gasteiger charge is -2.25. The van der Waals surface area contributed by atoms with E-state index >= 15 is 0 Å². The van der Waals surface area contributed by atoms with Gasteiger partial charge in [0.1, 0.15) is 5.52 Å². The first-order chi connectivity index (χ1) is 19.4. The number of benzene rings is 4. The van der Waals surface area contributed by atoms with Crippen LogP contribution in [-0.4, -0.2) is 9.38 Å². The van der Waals surface area contributed by atoms with Gasteiger partial charge < -0.3 is 4.40 Å². The van der Waals surface area contributed by atoms with Gasteiger partial charge in [0, 0.05) is 16.3 Å². The predicted molar refractivity (Wildman–Crippen MR) is 172 cm³/mol. The fourth-order valence-electron chi connectivity index (χ4n) is 7.13. The van der Waals surface area contributed by atoms with Crippen molar-refractivity contribution in [1.29, 1.82) is 0 Å². The molecule has 204 valence electrons. The van der Waals surface area contributed by atoms with Crippen LogP contribution in [0.4, 0.5) is 5.69 Å². The zero-order valence-electron chi connectivity index (χ0n) is 25.4. The van der Waals surface area contributed by atoms with Crippen molar-refractivity contribution < 1.29 is 4.57 Å². The lowest BCUT2D eigenvalue weighted by atomic mass is 9.82. The zero-order valence-corrected chi connectivity index (χ0v) is 25.4. The number of pyridine rings is 1. The molecule has 4 heteroatoms. The topological polar surface area (TPSA) is 25.5 Å². The van der Waals surface area contributed by atoms with Crippen LogP contribution in [0.2, 0.25) is 0 Å². The summed E-state index contributed by atoms with van der Waals surface area (Å²) >= 11 is 0. The first-order valence-electron chi connectivity index (χ1n) is 14.6. The second-order valence-electron chi connectivity index (χ2n) is 14.4. The fourth-order valence-corrected chi connectivity index (χ4v) is 7.13. The van der Waals surface area contributed by atoms with Crippen LogP contribution in [0.15, 0.2) is 54.9 Å². The standard InChI is InChI=1S/C37H37N4/c1-21-27-16-22(18-36(2,3)4)10-12-24(27)28(19-37(5,6)7)34-31(21)35-32-29(39-20-40(35)9)15-14-26-25-13-11-23(38-8)17-30(25)41(34)33(26)32/h10-17,20H,18-19H2,1-7,9H3/q+1. The lowest BCUT2D eigenvalue weighted by molar-refractivity contribution is -0.646. The van der Waals surface area contributed by atoms with E-state index in [-0.39, 0.29) is 10.8 Å². The average Bonchev–Trinajstić information content (AvgIpc) is 3.23. The van der Waals surface area contributed by atoms with Crippen molar-refractivity contribution in [3.05, 3.63) is 83.0 Å². The van der Waals surface area contributed by atoms with Gasteiger partial charge in [0.05, 0.1) is 35.4 Å². The lowest BCUT2D eigenvalue weighted by Crippen LogP contribution is -2.30. The Bertz CT molecular complexity index is 2250. The van der Waals surface area contributed by atoms with E-state index in [2.05, 4.69) is 112 Å².